The number of aliphatic hydroxyl groups is 1. The van der Waals surface area contributed by atoms with Crippen LogP contribution in [0.25, 0.3) is 0 Å². The molecule has 0 saturated carbocycles. The molecule has 0 amide bonds. The van der Waals surface area contributed by atoms with E-state index in [1.807, 2.05) is 18.3 Å². The van der Waals surface area contributed by atoms with E-state index in [1.54, 1.807) is 0 Å². The van der Waals surface area contributed by atoms with Crippen molar-refractivity contribution in [2.24, 2.45) is 5.92 Å². The minimum atomic E-state index is 0.153. The highest BCUT2D eigenvalue weighted by atomic mass is 32.1. The van der Waals surface area contributed by atoms with E-state index in [-0.39, 0.29) is 12.6 Å². The fraction of sp³-hybridized carbons (Fsp3) is 0.750. The van der Waals surface area contributed by atoms with Crippen LogP contribution >= 0.6 is 11.3 Å². The Morgan fingerprint density at radius 1 is 1.62 bits per heavy atom. The van der Waals surface area contributed by atoms with Gasteiger partial charge < -0.3 is 10.4 Å². The minimum Gasteiger partial charge on any atom is -0.395 e. The summed E-state index contributed by atoms with van der Waals surface area (Å²) in [6, 6.07) is 0.153. The third kappa shape index (κ3) is 2.81. The molecule has 4 heteroatoms. The summed E-state index contributed by atoms with van der Waals surface area (Å²) in [7, 11) is 0. The van der Waals surface area contributed by atoms with E-state index in [1.165, 1.54) is 28.4 Å². The van der Waals surface area contributed by atoms with Gasteiger partial charge in [-0.25, -0.2) is 4.98 Å². The summed E-state index contributed by atoms with van der Waals surface area (Å²) in [6.07, 6.45) is 3.61. The number of hydrogen-bond acceptors (Lipinski definition) is 4. The van der Waals surface area contributed by atoms with Crippen LogP contribution in [0.3, 0.4) is 0 Å². The molecule has 0 aliphatic heterocycles. The van der Waals surface area contributed by atoms with E-state index >= 15 is 0 Å². The normalized spacial score (nSPS) is 21.8. The van der Waals surface area contributed by atoms with Crippen molar-refractivity contribution < 1.29 is 5.11 Å². The van der Waals surface area contributed by atoms with Crippen LogP contribution in [0.2, 0.25) is 0 Å². The molecule has 0 fully saturated rings. The van der Waals surface area contributed by atoms with Crippen molar-refractivity contribution in [2.45, 2.75) is 45.7 Å². The Balaban J connectivity index is 1.96. The number of aliphatic hydroxyl groups excluding tert-OH is 1. The van der Waals surface area contributed by atoms with E-state index in [0.717, 1.165) is 18.9 Å². The lowest BCUT2D eigenvalue weighted by molar-refractivity contribution is 0.251. The number of rotatable bonds is 4. The van der Waals surface area contributed by atoms with Gasteiger partial charge in [0.05, 0.1) is 12.3 Å². The summed E-state index contributed by atoms with van der Waals surface area (Å²) >= 11 is 1.84. The molecule has 1 aromatic rings. The van der Waals surface area contributed by atoms with Crippen molar-refractivity contribution in [2.75, 3.05) is 6.61 Å². The van der Waals surface area contributed by atoms with Gasteiger partial charge in [0, 0.05) is 17.5 Å². The van der Waals surface area contributed by atoms with E-state index in [4.69, 9.17) is 5.11 Å². The topological polar surface area (TPSA) is 45.2 Å². The standard InChI is InChI=1S/C12H20N2OS/c1-8-3-4-10-11(5-8)16-12(14-10)6-13-9(2)7-15/h8-9,13,15H,3-7H2,1-2H3/t8?,9-/m0/s1. The van der Waals surface area contributed by atoms with Gasteiger partial charge in [-0.3, -0.25) is 0 Å². The number of nitrogens with zero attached hydrogens (tertiary/aromatic N) is 1. The first-order valence-corrected chi connectivity index (χ1v) is 6.82. The largest absolute Gasteiger partial charge is 0.395 e. The second kappa shape index (κ2) is 5.25. The summed E-state index contributed by atoms with van der Waals surface area (Å²) in [6.45, 7) is 5.26. The molecule has 0 radical (unpaired) electrons. The smallest absolute Gasteiger partial charge is 0.107 e. The van der Waals surface area contributed by atoms with Gasteiger partial charge in [-0.2, -0.15) is 0 Å². The van der Waals surface area contributed by atoms with Gasteiger partial charge >= 0.3 is 0 Å². The van der Waals surface area contributed by atoms with Crippen LogP contribution in [0.5, 0.6) is 0 Å². The molecule has 1 aliphatic rings. The summed E-state index contributed by atoms with van der Waals surface area (Å²) in [4.78, 5) is 6.14. The van der Waals surface area contributed by atoms with E-state index < -0.39 is 0 Å². The van der Waals surface area contributed by atoms with Crippen LogP contribution in [-0.4, -0.2) is 22.7 Å². The van der Waals surface area contributed by atoms with Gasteiger partial charge in [-0.1, -0.05) is 6.92 Å². The number of hydrogen-bond donors (Lipinski definition) is 2. The van der Waals surface area contributed by atoms with Crippen LogP contribution in [-0.2, 0) is 19.4 Å². The molecule has 3 nitrogen and oxygen atoms in total. The van der Waals surface area contributed by atoms with Crippen molar-refractivity contribution in [3.8, 4) is 0 Å². The second-order valence-electron chi connectivity index (χ2n) is 4.79. The number of aromatic nitrogens is 1. The third-order valence-electron chi connectivity index (χ3n) is 3.11. The van der Waals surface area contributed by atoms with Crippen LogP contribution < -0.4 is 5.32 Å². The molecular formula is C12H20N2OS. The first-order chi connectivity index (χ1) is 7.69. The number of fused-ring (bicyclic) bond motifs is 1. The highest BCUT2D eigenvalue weighted by Crippen LogP contribution is 2.29. The Labute approximate surface area is 101 Å². The lowest BCUT2D eigenvalue weighted by Gasteiger charge is -2.15. The van der Waals surface area contributed by atoms with Gasteiger partial charge in [0.2, 0.25) is 0 Å². The molecule has 1 heterocycles. The van der Waals surface area contributed by atoms with Gasteiger partial charge in [-0.05, 0) is 32.1 Å². The molecule has 1 aliphatic carbocycles. The molecule has 2 atom stereocenters. The predicted molar refractivity (Wildman–Crippen MR) is 66.7 cm³/mol. The van der Waals surface area contributed by atoms with Crippen LogP contribution in [0, 0.1) is 5.92 Å². The summed E-state index contributed by atoms with van der Waals surface area (Å²) in [5.74, 6) is 0.810. The number of aryl methyl sites for hydroxylation is 1. The van der Waals surface area contributed by atoms with Crippen molar-refractivity contribution in [1.29, 1.82) is 0 Å². The van der Waals surface area contributed by atoms with Crippen molar-refractivity contribution in [3.05, 3.63) is 15.6 Å². The average Bonchev–Trinajstić information content (AvgIpc) is 2.67. The second-order valence-corrected chi connectivity index (χ2v) is 5.96. The van der Waals surface area contributed by atoms with Crippen molar-refractivity contribution >= 4 is 11.3 Å². The number of thiazole rings is 1. The zero-order valence-electron chi connectivity index (χ0n) is 9.99. The fourth-order valence-electron chi connectivity index (χ4n) is 1.99. The van der Waals surface area contributed by atoms with Crippen LogP contribution in [0.1, 0.15) is 35.8 Å². The molecule has 1 unspecified atom stereocenters. The highest BCUT2D eigenvalue weighted by molar-refractivity contribution is 7.11. The molecule has 90 valence electrons. The predicted octanol–water partition coefficient (Wildman–Crippen LogP) is 1.74. The Kier molecular flexibility index (Phi) is 3.95. The molecule has 0 aromatic carbocycles. The zero-order valence-corrected chi connectivity index (χ0v) is 10.8. The molecule has 0 spiro atoms. The third-order valence-corrected chi connectivity index (χ3v) is 4.23. The summed E-state index contributed by atoms with van der Waals surface area (Å²) in [5, 5.41) is 13.4. The SMILES string of the molecule is CC1CCc2nc(CN[C@@H](C)CO)sc2C1. The summed E-state index contributed by atoms with van der Waals surface area (Å²) in [5.41, 5.74) is 1.32. The monoisotopic (exact) mass is 240 g/mol. The Morgan fingerprint density at radius 2 is 2.44 bits per heavy atom. The Hall–Kier alpha value is -0.450. The first-order valence-electron chi connectivity index (χ1n) is 6.00. The molecule has 1 aromatic heterocycles. The van der Waals surface area contributed by atoms with Gasteiger partial charge in [0.15, 0.2) is 0 Å². The van der Waals surface area contributed by atoms with E-state index in [9.17, 15) is 0 Å². The van der Waals surface area contributed by atoms with Crippen molar-refractivity contribution in [1.82, 2.24) is 10.3 Å². The maximum Gasteiger partial charge on any atom is 0.107 e. The Bertz CT molecular complexity index is 351. The lowest BCUT2D eigenvalue weighted by Crippen LogP contribution is -2.28. The van der Waals surface area contributed by atoms with E-state index in [0.29, 0.717) is 0 Å². The van der Waals surface area contributed by atoms with E-state index in [2.05, 4.69) is 17.2 Å². The molecular weight excluding hydrogens is 220 g/mol. The number of nitrogens with one attached hydrogen (secondary N) is 1. The first kappa shape index (κ1) is 12.0. The quantitative estimate of drug-likeness (QED) is 0.842. The highest BCUT2D eigenvalue weighted by Gasteiger charge is 2.19. The zero-order chi connectivity index (χ0) is 11.5. The average molecular weight is 240 g/mol. The van der Waals surface area contributed by atoms with Crippen molar-refractivity contribution in [3.63, 3.8) is 0 Å². The molecule has 16 heavy (non-hydrogen) atoms. The summed E-state index contributed by atoms with van der Waals surface area (Å²) < 4.78 is 0. The van der Waals surface area contributed by atoms with Crippen LogP contribution in [0.15, 0.2) is 0 Å². The molecule has 2 N–H and O–H groups in total. The van der Waals surface area contributed by atoms with Crippen LogP contribution in [0.4, 0.5) is 0 Å². The maximum absolute atomic E-state index is 8.93. The molecule has 0 saturated heterocycles. The molecule has 2 rings (SSSR count). The fourth-order valence-corrected chi connectivity index (χ4v) is 3.22. The van der Waals surface area contributed by atoms with Gasteiger partial charge in [-0.15, -0.1) is 11.3 Å². The van der Waals surface area contributed by atoms with Gasteiger partial charge in [0.1, 0.15) is 5.01 Å². The Morgan fingerprint density at radius 3 is 3.19 bits per heavy atom. The van der Waals surface area contributed by atoms with Gasteiger partial charge in [0.25, 0.3) is 0 Å². The minimum absolute atomic E-state index is 0.153. The lowest BCUT2D eigenvalue weighted by atomic mass is 9.93. The molecule has 0 bridgehead atoms. The maximum atomic E-state index is 8.93.